The molecule has 0 radical (unpaired) electrons. The Bertz CT molecular complexity index is 947. The Morgan fingerprint density at radius 3 is 2.27 bits per heavy atom. The van der Waals surface area contributed by atoms with Gasteiger partial charge in [0.1, 0.15) is 11.4 Å². The average Bonchev–Trinajstić information content (AvgIpc) is 3.11. The summed E-state index contributed by atoms with van der Waals surface area (Å²) in [6.45, 7) is 10.2. The van der Waals surface area contributed by atoms with Crippen molar-refractivity contribution in [2.24, 2.45) is 0 Å². The first-order chi connectivity index (χ1) is 14.1. The highest BCUT2D eigenvalue weighted by Gasteiger charge is 2.27. The molecule has 0 amide bonds. The van der Waals surface area contributed by atoms with Crippen LogP contribution in [0.15, 0.2) is 36.7 Å². The maximum absolute atomic E-state index is 5.27. The predicted molar refractivity (Wildman–Crippen MR) is 122 cm³/mol. The number of piperazine rings is 1. The lowest BCUT2D eigenvalue weighted by Crippen LogP contribution is -2.47. The number of benzene rings is 1. The molecular formula is C22H29ClN6O. The minimum Gasteiger partial charge on any atom is -0.497 e. The van der Waals surface area contributed by atoms with E-state index in [0.29, 0.717) is 6.04 Å². The van der Waals surface area contributed by atoms with Crippen LogP contribution in [0.2, 0.25) is 0 Å². The number of aryl methyl sites for hydroxylation is 2. The summed E-state index contributed by atoms with van der Waals surface area (Å²) < 4.78 is 5.27. The van der Waals surface area contributed by atoms with E-state index in [1.165, 1.54) is 5.56 Å². The van der Waals surface area contributed by atoms with Gasteiger partial charge < -0.3 is 9.64 Å². The van der Waals surface area contributed by atoms with Crippen molar-refractivity contribution in [2.75, 3.05) is 38.2 Å². The van der Waals surface area contributed by atoms with Gasteiger partial charge in [-0.1, -0.05) is 0 Å². The second-order valence-electron chi connectivity index (χ2n) is 7.50. The topological polar surface area (TPSA) is 70.2 Å². The van der Waals surface area contributed by atoms with Crippen LogP contribution in [0.4, 0.5) is 5.82 Å². The third kappa shape index (κ3) is 4.27. The molecule has 0 saturated carbocycles. The van der Waals surface area contributed by atoms with Crippen LogP contribution in [-0.2, 0) is 0 Å². The van der Waals surface area contributed by atoms with Crippen molar-refractivity contribution >= 4 is 18.2 Å². The van der Waals surface area contributed by atoms with Gasteiger partial charge in [-0.05, 0) is 45.0 Å². The second-order valence-corrected chi connectivity index (χ2v) is 7.50. The summed E-state index contributed by atoms with van der Waals surface area (Å²) in [6, 6.07) is 8.34. The van der Waals surface area contributed by atoms with E-state index in [9.17, 15) is 0 Å². The van der Waals surface area contributed by atoms with Crippen molar-refractivity contribution in [3.8, 4) is 17.0 Å². The number of nitrogens with one attached hydrogen (secondary N) is 1. The molecule has 160 valence electrons. The highest BCUT2D eigenvalue weighted by molar-refractivity contribution is 5.85. The Kier molecular flexibility index (Phi) is 6.95. The molecule has 0 spiro atoms. The quantitative estimate of drug-likeness (QED) is 0.666. The summed E-state index contributed by atoms with van der Waals surface area (Å²) in [5.74, 6) is 1.78. The predicted octanol–water partition coefficient (Wildman–Crippen LogP) is 3.80. The fraction of sp³-hybridized carbons (Fsp3) is 0.409. The van der Waals surface area contributed by atoms with Gasteiger partial charge in [0.2, 0.25) is 0 Å². The van der Waals surface area contributed by atoms with Crippen LogP contribution in [-0.4, -0.2) is 58.4 Å². The third-order valence-electron chi connectivity index (χ3n) is 5.81. The molecule has 7 nitrogen and oxygen atoms in total. The van der Waals surface area contributed by atoms with Gasteiger partial charge >= 0.3 is 0 Å². The molecule has 0 bridgehead atoms. The molecule has 1 fully saturated rings. The lowest BCUT2D eigenvalue weighted by Gasteiger charge is -2.39. The smallest absolute Gasteiger partial charge is 0.155 e. The zero-order valence-corrected chi connectivity index (χ0v) is 18.7. The maximum atomic E-state index is 5.27. The first-order valence-electron chi connectivity index (χ1n) is 10.0. The summed E-state index contributed by atoms with van der Waals surface area (Å²) in [5, 5.41) is 7.47. The number of anilines is 1. The van der Waals surface area contributed by atoms with Crippen LogP contribution in [0.1, 0.15) is 29.9 Å². The lowest BCUT2D eigenvalue weighted by molar-refractivity contribution is 0.197. The van der Waals surface area contributed by atoms with Crippen molar-refractivity contribution < 1.29 is 4.74 Å². The van der Waals surface area contributed by atoms with Crippen molar-refractivity contribution in [1.82, 2.24) is 25.1 Å². The van der Waals surface area contributed by atoms with E-state index in [0.717, 1.165) is 60.4 Å². The molecule has 1 aliphatic heterocycles. The molecule has 4 rings (SSSR count). The van der Waals surface area contributed by atoms with Crippen LogP contribution in [0.25, 0.3) is 11.3 Å². The summed E-state index contributed by atoms with van der Waals surface area (Å²) in [6.07, 6.45) is 3.53. The van der Waals surface area contributed by atoms with Crippen LogP contribution < -0.4 is 9.64 Å². The lowest BCUT2D eigenvalue weighted by atomic mass is 10.0. The van der Waals surface area contributed by atoms with E-state index in [1.807, 2.05) is 24.3 Å². The number of hydrogen-bond acceptors (Lipinski definition) is 6. The van der Waals surface area contributed by atoms with Crippen molar-refractivity contribution in [3.63, 3.8) is 0 Å². The highest BCUT2D eigenvalue weighted by Crippen LogP contribution is 2.31. The molecule has 8 heteroatoms. The van der Waals surface area contributed by atoms with E-state index in [1.54, 1.807) is 19.5 Å². The number of hydrogen-bond donors (Lipinski definition) is 1. The first-order valence-corrected chi connectivity index (χ1v) is 10.0. The average molecular weight is 429 g/mol. The SMILES string of the molecule is COc1ccc(-c2nccnc2N2CCN(C(C)c3c(C)n[nH]c3C)CC2)cc1.Cl. The molecule has 1 N–H and O–H groups in total. The van der Waals surface area contributed by atoms with Gasteiger partial charge in [0.05, 0.1) is 12.8 Å². The number of aromatic amines is 1. The van der Waals surface area contributed by atoms with Crippen LogP contribution in [0, 0.1) is 13.8 Å². The van der Waals surface area contributed by atoms with Gasteiger partial charge in [0, 0.05) is 61.4 Å². The Balaban J connectivity index is 0.00000256. The normalized spacial score (nSPS) is 15.5. The van der Waals surface area contributed by atoms with Crippen molar-refractivity contribution in [1.29, 1.82) is 0 Å². The molecule has 1 unspecified atom stereocenters. The third-order valence-corrected chi connectivity index (χ3v) is 5.81. The fourth-order valence-electron chi connectivity index (χ4n) is 4.19. The van der Waals surface area contributed by atoms with E-state index in [4.69, 9.17) is 4.74 Å². The molecule has 1 aromatic carbocycles. The maximum Gasteiger partial charge on any atom is 0.155 e. The Labute approximate surface area is 183 Å². The van der Waals surface area contributed by atoms with Crippen LogP contribution in [0.5, 0.6) is 5.75 Å². The molecule has 0 aliphatic carbocycles. The van der Waals surface area contributed by atoms with E-state index >= 15 is 0 Å². The van der Waals surface area contributed by atoms with Gasteiger partial charge in [-0.3, -0.25) is 15.0 Å². The minimum absolute atomic E-state index is 0. The number of rotatable bonds is 5. The van der Waals surface area contributed by atoms with Gasteiger partial charge in [-0.15, -0.1) is 12.4 Å². The minimum atomic E-state index is 0. The highest BCUT2D eigenvalue weighted by atomic mass is 35.5. The fourth-order valence-corrected chi connectivity index (χ4v) is 4.19. The first kappa shape index (κ1) is 22.1. The number of methoxy groups -OCH3 is 1. The second kappa shape index (κ2) is 9.45. The van der Waals surface area contributed by atoms with Gasteiger partial charge in [0.15, 0.2) is 5.82 Å². The monoisotopic (exact) mass is 428 g/mol. The largest absolute Gasteiger partial charge is 0.497 e. The van der Waals surface area contributed by atoms with Gasteiger partial charge in [-0.25, -0.2) is 4.98 Å². The number of nitrogens with zero attached hydrogens (tertiary/aromatic N) is 5. The Hall–Kier alpha value is -2.64. The van der Waals surface area contributed by atoms with Crippen LogP contribution in [0.3, 0.4) is 0 Å². The standard InChI is InChI=1S/C22H28N6O.ClH/c1-15-20(16(2)26-25-15)17(3)27-11-13-28(14-12-27)22-21(23-9-10-24-22)18-5-7-19(29-4)8-6-18;/h5-10,17H,11-14H2,1-4H3,(H,25,26);1H. The van der Waals surface area contributed by atoms with Gasteiger partial charge in [0.25, 0.3) is 0 Å². The number of halogens is 1. The Morgan fingerprint density at radius 1 is 1.00 bits per heavy atom. The molecule has 30 heavy (non-hydrogen) atoms. The molecular weight excluding hydrogens is 400 g/mol. The zero-order chi connectivity index (χ0) is 20.4. The van der Waals surface area contributed by atoms with Gasteiger partial charge in [-0.2, -0.15) is 5.10 Å². The van der Waals surface area contributed by atoms with E-state index < -0.39 is 0 Å². The van der Waals surface area contributed by atoms with Crippen LogP contribution >= 0.6 is 12.4 Å². The summed E-state index contributed by atoms with van der Waals surface area (Å²) >= 11 is 0. The number of H-pyrrole nitrogens is 1. The number of ether oxygens (including phenoxy) is 1. The molecule has 3 aromatic rings. The van der Waals surface area contributed by atoms with Crippen molar-refractivity contribution in [2.45, 2.75) is 26.8 Å². The van der Waals surface area contributed by atoms with E-state index in [-0.39, 0.29) is 12.4 Å². The van der Waals surface area contributed by atoms with Crippen molar-refractivity contribution in [3.05, 3.63) is 53.6 Å². The summed E-state index contributed by atoms with van der Waals surface area (Å²) in [4.78, 5) is 14.2. The number of aromatic nitrogens is 4. The zero-order valence-electron chi connectivity index (χ0n) is 17.9. The molecule has 1 saturated heterocycles. The summed E-state index contributed by atoms with van der Waals surface area (Å²) in [7, 11) is 1.68. The summed E-state index contributed by atoms with van der Waals surface area (Å²) in [5.41, 5.74) is 5.53. The molecule has 1 aliphatic rings. The molecule has 1 atom stereocenters. The Morgan fingerprint density at radius 2 is 1.67 bits per heavy atom. The van der Waals surface area contributed by atoms with E-state index in [2.05, 4.69) is 50.7 Å². The molecule has 2 aromatic heterocycles. The molecule has 3 heterocycles.